The third-order valence-electron chi connectivity index (χ3n) is 0.480. The second kappa shape index (κ2) is 3.26. The molecule has 0 amide bonds. The minimum atomic E-state index is -4.29. The van der Waals surface area contributed by atoms with Crippen LogP contribution >= 0.6 is 7.75 Å². The lowest BCUT2D eigenvalue weighted by atomic mass is 10.7. The quantitative estimate of drug-likeness (QED) is 0.239. The third-order valence-corrected chi connectivity index (χ3v) is 1.07. The molecule has 0 atom stereocenters. The summed E-state index contributed by atoms with van der Waals surface area (Å²) in [4.78, 5) is 16.1. The van der Waals surface area contributed by atoms with Gasteiger partial charge in [-0.15, -0.1) is 0 Å². The molecule has 0 spiro atoms. The molecule has 0 aliphatic heterocycles. The number of aliphatic hydroxyl groups is 2. The summed E-state index contributed by atoms with van der Waals surface area (Å²) >= 11 is 0. The topological polar surface area (TPSA) is 110 Å². The van der Waals surface area contributed by atoms with Crippen molar-refractivity contribution in [2.24, 2.45) is 0 Å². The second-order valence-corrected chi connectivity index (χ2v) is 2.79. The van der Waals surface area contributed by atoms with Gasteiger partial charge in [-0.3, -0.25) is 0 Å². The molecule has 56 valence electrons. The highest BCUT2D eigenvalue weighted by atomic mass is 31.2. The van der Waals surface area contributed by atoms with E-state index < -0.39 is 20.6 Å². The maximum atomic E-state index is 9.90. The number of hydrogen-bond acceptors (Lipinski definition) is 3. The third kappa shape index (κ3) is 8.03. The standard InChI is InChI=1S/C2H8NO5P/c4-2(5)1-3-9(6,7)8/h2,4-5H,1H2,(H3,3,6,7,8). The van der Waals surface area contributed by atoms with E-state index in [9.17, 15) is 4.57 Å². The van der Waals surface area contributed by atoms with E-state index in [1.54, 1.807) is 5.09 Å². The van der Waals surface area contributed by atoms with Crippen molar-refractivity contribution >= 4 is 7.75 Å². The Hall–Kier alpha value is 0.0300. The van der Waals surface area contributed by atoms with Gasteiger partial charge < -0.3 is 20.0 Å². The van der Waals surface area contributed by atoms with Crippen LogP contribution in [0.15, 0.2) is 0 Å². The number of rotatable bonds is 3. The first-order chi connectivity index (χ1) is 3.92. The van der Waals surface area contributed by atoms with Crippen molar-refractivity contribution in [1.29, 1.82) is 0 Å². The van der Waals surface area contributed by atoms with Crippen LogP contribution in [0.3, 0.4) is 0 Å². The zero-order valence-electron chi connectivity index (χ0n) is 4.43. The van der Waals surface area contributed by atoms with Crippen molar-refractivity contribution in [2.75, 3.05) is 6.54 Å². The second-order valence-electron chi connectivity index (χ2n) is 1.39. The summed E-state index contributed by atoms with van der Waals surface area (Å²) in [7, 11) is -4.29. The van der Waals surface area contributed by atoms with Gasteiger partial charge in [0.25, 0.3) is 0 Å². The maximum absolute atomic E-state index is 9.90. The van der Waals surface area contributed by atoms with Gasteiger partial charge in [0.15, 0.2) is 6.29 Å². The summed E-state index contributed by atoms with van der Waals surface area (Å²) in [6.07, 6.45) is -1.74. The van der Waals surface area contributed by atoms with Gasteiger partial charge in [0.1, 0.15) is 0 Å². The smallest absolute Gasteiger partial charge is 0.367 e. The van der Waals surface area contributed by atoms with Crippen molar-refractivity contribution in [2.45, 2.75) is 6.29 Å². The highest BCUT2D eigenvalue weighted by molar-refractivity contribution is 7.49. The van der Waals surface area contributed by atoms with Gasteiger partial charge in [0, 0.05) is 0 Å². The Morgan fingerprint density at radius 3 is 2.00 bits per heavy atom. The molecule has 0 radical (unpaired) electrons. The monoisotopic (exact) mass is 157 g/mol. The van der Waals surface area contributed by atoms with E-state index in [4.69, 9.17) is 20.0 Å². The van der Waals surface area contributed by atoms with E-state index in [1.807, 2.05) is 0 Å². The molecule has 0 aromatic carbocycles. The molecule has 0 unspecified atom stereocenters. The van der Waals surface area contributed by atoms with E-state index in [0.29, 0.717) is 0 Å². The Bertz CT molecular complexity index is 118. The fraction of sp³-hybridized carbons (Fsp3) is 1.00. The van der Waals surface area contributed by atoms with Crippen molar-refractivity contribution < 1.29 is 24.6 Å². The van der Waals surface area contributed by atoms with Gasteiger partial charge in [0.2, 0.25) is 0 Å². The van der Waals surface area contributed by atoms with Gasteiger partial charge in [-0.25, -0.2) is 9.65 Å². The normalized spacial score (nSPS) is 12.6. The van der Waals surface area contributed by atoms with Crippen LogP contribution in [0.2, 0.25) is 0 Å². The first-order valence-electron chi connectivity index (χ1n) is 2.08. The van der Waals surface area contributed by atoms with Crippen LogP contribution in [0.5, 0.6) is 0 Å². The van der Waals surface area contributed by atoms with Crippen LogP contribution in [0.1, 0.15) is 0 Å². The molecule has 0 saturated carbocycles. The molecule has 7 heteroatoms. The van der Waals surface area contributed by atoms with Crippen LogP contribution in [-0.4, -0.2) is 32.8 Å². The summed E-state index contributed by atoms with van der Waals surface area (Å²) in [6.45, 7) is -0.537. The molecule has 0 aliphatic carbocycles. The zero-order valence-corrected chi connectivity index (χ0v) is 5.32. The fourth-order valence-electron chi connectivity index (χ4n) is 0.201. The lowest BCUT2D eigenvalue weighted by Crippen LogP contribution is -2.23. The van der Waals surface area contributed by atoms with Crippen LogP contribution < -0.4 is 5.09 Å². The van der Waals surface area contributed by atoms with Crippen LogP contribution in [0, 0.1) is 0 Å². The summed E-state index contributed by atoms with van der Waals surface area (Å²) < 4.78 is 9.90. The molecule has 0 aromatic rings. The van der Waals surface area contributed by atoms with Crippen molar-refractivity contribution in [3.8, 4) is 0 Å². The van der Waals surface area contributed by atoms with Gasteiger partial charge in [-0.1, -0.05) is 0 Å². The molecule has 0 aliphatic rings. The molecule has 6 nitrogen and oxygen atoms in total. The predicted molar refractivity (Wildman–Crippen MR) is 28.3 cm³/mol. The SMILES string of the molecule is O=P(O)(O)NCC(O)O. The average molecular weight is 157 g/mol. The number of hydrogen-bond donors (Lipinski definition) is 5. The van der Waals surface area contributed by atoms with Crippen LogP contribution in [0.25, 0.3) is 0 Å². The number of nitrogens with one attached hydrogen (secondary N) is 1. The lowest BCUT2D eigenvalue weighted by molar-refractivity contribution is -0.0346. The van der Waals surface area contributed by atoms with E-state index in [0.717, 1.165) is 0 Å². The summed E-state index contributed by atoms with van der Waals surface area (Å²) in [6, 6.07) is 0. The summed E-state index contributed by atoms with van der Waals surface area (Å²) in [5.74, 6) is 0. The average Bonchev–Trinajstić information content (AvgIpc) is 1.59. The Morgan fingerprint density at radius 1 is 1.44 bits per heavy atom. The minimum Gasteiger partial charge on any atom is -0.367 e. The van der Waals surface area contributed by atoms with E-state index in [2.05, 4.69) is 0 Å². The van der Waals surface area contributed by atoms with E-state index in [1.165, 1.54) is 0 Å². The molecule has 5 N–H and O–H groups in total. The highest BCUT2D eigenvalue weighted by Crippen LogP contribution is 2.27. The first-order valence-corrected chi connectivity index (χ1v) is 3.70. The van der Waals surface area contributed by atoms with Crippen molar-refractivity contribution in [3.05, 3.63) is 0 Å². The molecule has 9 heavy (non-hydrogen) atoms. The lowest BCUT2D eigenvalue weighted by Gasteiger charge is -2.05. The Balaban J connectivity index is 3.40. The Morgan fingerprint density at radius 2 is 1.89 bits per heavy atom. The molecular formula is C2H8NO5P. The minimum absolute atomic E-state index is 0.537. The zero-order chi connectivity index (χ0) is 7.49. The van der Waals surface area contributed by atoms with Crippen molar-refractivity contribution in [1.82, 2.24) is 5.09 Å². The Labute approximate surface area is 51.4 Å². The first kappa shape index (κ1) is 9.03. The Kier molecular flexibility index (Phi) is 3.27. The van der Waals surface area contributed by atoms with E-state index >= 15 is 0 Å². The largest absolute Gasteiger partial charge is 0.400 e. The molecule has 0 rings (SSSR count). The van der Waals surface area contributed by atoms with Gasteiger partial charge >= 0.3 is 7.75 Å². The van der Waals surface area contributed by atoms with Gasteiger partial charge in [0.05, 0.1) is 6.54 Å². The molecular weight excluding hydrogens is 149 g/mol. The van der Waals surface area contributed by atoms with E-state index in [-0.39, 0.29) is 0 Å². The van der Waals surface area contributed by atoms with Gasteiger partial charge in [-0.2, -0.15) is 0 Å². The molecule has 0 aromatic heterocycles. The number of aliphatic hydroxyl groups excluding tert-OH is 1. The molecule has 0 fully saturated rings. The molecule has 0 heterocycles. The molecule has 0 saturated heterocycles. The maximum Gasteiger partial charge on any atom is 0.400 e. The summed E-state index contributed by atoms with van der Waals surface area (Å²) in [5.41, 5.74) is 0. The summed E-state index contributed by atoms with van der Waals surface area (Å²) in [5, 5.41) is 17.7. The van der Waals surface area contributed by atoms with Crippen molar-refractivity contribution in [3.63, 3.8) is 0 Å². The molecule has 0 bridgehead atoms. The van der Waals surface area contributed by atoms with Crippen LogP contribution in [0.4, 0.5) is 0 Å². The highest BCUT2D eigenvalue weighted by Gasteiger charge is 2.12. The van der Waals surface area contributed by atoms with Crippen LogP contribution in [-0.2, 0) is 4.57 Å². The van der Waals surface area contributed by atoms with Gasteiger partial charge in [-0.05, 0) is 0 Å². The predicted octanol–water partition coefficient (Wildman–Crippen LogP) is -2.02. The fourth-order valence-corrected chi connectivity index (χ4v) is 0.602.